The lowest BCUT2D eigenvalue weighted by molar-refractivity contribution is 1.39. The minimum absolute atomic E-state index is 0.866. The van der Waals surface area contributed by atoms with Crippen LogP contribution >= 0.6 is 12.6 Å². The van der Waals surface area contributed by atoms with Crippen molar-refractivity contribution in [2.45, 2.75) is 4.90 Å². The second-order valence-corrected chi connectivity index (χ2v) is 6.05. The molecule has 0 saturated carbocycles. The van der Waals surface area contributed by atoms with Crippen LogP contribution in [0.4, 0.5) is 5.69 Å². The Morgan fingerprint density at radius 1 is 0.792 bits per heavy atom. The maximum absolute atomic E-state index is 4.66. The Bertz CT molecular complexity index is 1020. The predicted octanol–water partition coefficient (Wildman–Crippen LogP) is 5.87. The quantitative estimate of drug-likeness (QED) is 0.347. The summed E-state index contributed by atoms with van der Waals surface area (Å²) in [7, 11) is 0. The normalized spacial score (nSPS) is 11.4. The number of aromatic amines is 1. The van der Waals surface area contributed by atoms with Crippen LogP contribution in [0.1, 0.15) is 5.56 Å². The van der Waals surface area contributed by atoms with Crippen molar-refractivity contribution < 1.29 is 0 Å². The van der Waals surface area contributed by atoms with Crippen LogP contribution in [-0.2, 0) is 0 Å². The lowest BCUT2D eigenvalue weighted by atomic mass is 10.1. The minimum atomic E-state index is 0.866. The van der Waals surface area contributed by atoms with Gasteiger partial charge in [0.25, 0.3) is 0 Å². The Morgan fingerprint density at radius 2 is 1.50 bits per heavy atom. The van der Waals surface area contributed by atoms with Crippen LogP contribution < -0.4 is 0 Å². The maximum Gasteiger partial charge on any atom is 0.0763 e. The molecule has 4 rings (SSSR count). The number of thiol groups is 1. The maximum atomic E-state index is 4.66. The molecule has 1 heterocycles. The third-order valence-corrected chi connectivity index (χ3v) is 4.40. The molecule has 0 spiro atoms. The molecule has 0 bridgehead atoms. The zero-order chi connectivity index (χ0) is 16.4. The van der Waals surface area contributed by atoms with Gasteiger partial charge in [0, 0.05) is 27.6 Å². The molecular formula is C21H16N2S. The summed E-state index contributed by atoms with van der Waals surface area (Å²) in [6.07, 6.45) is 1.93. The van der Waals surface area contributed by atoms with Gasteiger partial charge in [-0.2, -0.15) is 0 Å². The second-order valence-electron chi connectivity index (χ2n) is 5.57. The smallest absolute Gasteiger partial charge is 0.0763 e. The molecule has 0 unspecified atom stereocenters. The number of fused-ring (bicyclic) bond motifs is 1. The summed E-state index contributed by atoms with van der Waals surface area (Å²) in [6, 6.07) is 26.5. The second kappa shape index (κ2) is 6.38. The van der Waals surface area contributed by atoms with Gasteiger partial charge in [-0.05, 0) is 23.8 Å². The Morgan fingerprint density at radius 3 is 2.33 bits per heavy atom. The van der Waals surface area contributed by atoms with E-state index in [1.54, 1.807) is 0 Å². The molecule has 116 valence electrons. The first-order chi connectivity index (χ1) is 11.8. The van der Waals surface area contributed by atoms with Crippen LogP contribution in [0.25, 0.3) is 22.2 Å². The summed E-state index contributed by atoms with van der Waals surface area (Å²) >= 11 is 4.48. The van der Waals surface area contributed by atoms with E-state index < -0.39 is 0 Å². The van der Waals surface area contributed by atoms with Gasteiger partial charge in [0.05, 0.1) is 11.4 Å². The highest BCUT2D eigenvalue weighted by Crippen LogP contribution is 2.30. The zero-order valence-corrected chi connectivity index (χ0v) is 13.9. The molecule has 1 N–H and O–H groups in total. The Balaban J connectivity index is 1.89. The predicted molar refractivity (Wildman–Crippen MR) is 105 cm³/mol. The van der Waals surface area contributed by atoms with E-state index in [0.717, 1.165) is 38.3 Å². The van der Waals surface area contributed by atoms with Crippen LogP contribution in [0.2, 0.25) is 0 Å². The van der Waals surface area contributed by atoms with Crippen molar-refractivity contribution in [1.82, 2.24) is 4.98 Å². The van der Waals surface area contributed by atoms with Gasteiger partial charge in [-0.1, -0.05) is 60.7 Å². The van der Waals surface area contributed by atoms with E-state index in [9.17, 15) is 0 Å². The van der Waals surface area contributed by atoms with E-state index in [2.05, 4.69) is 52.9 Å². The van der Waals surface area contributed by atoms with Crippen molar-refractivity contribution >= 4 is 35.4 Å². The lowest BCUT2D eigenvalue weighted by Crippen LogP contribution is -1.85. The van der Waals surface area contributed by atoms with Crippen LogP contribution in [0, 0.1) is 0 Å². The fourth-order valence-corrected chi connectivity index (χ4v) is 3.06. The monoisotopic (exact) mass is 328 g/mol. The molecule has 0 saturated heterocycles. The third-order valence-electron chi connectivity index (χ3n) is 4.02. The number of hydrogen-bond acceptors (Lipinski definition) is 2. The largest absolute Gasteiger partial charge is 0.354 e. The molecule has 0 radical (unpaired) electrons. The standard InChI is InChI=1S/C21H16N2S/c24-20-13-7-6-12-19(20)22-14-17-16-10-4-5-11-18(16)23-21(17)15-8-2-1-3-9-15/h1-14,23-24H. The summed E-state index contributed by atoms with van der Waals surface area (Å²) in [5.41, 5.74) is 5.29. The molecule has 3 heteroatoms. The average molecular weight is 328 g/mol. The van der Waals surface area contributed by atoms with Crippen LogP contribution in [0.5, 0.6) is 0 Å². The first-order valence-corrected chi connectivity index (χ1v) is 8.26. The number of rotatable bonds is 3. The van der Waals surface area contributed by atoms with E-state index in [1.165, 1.54) is 0 Å². The van der Waals surface area contributed by atoms with Crippen molar-refractivity contribution in [3.8, 4) is 11.3 Å². The van der Waals surface area contributed by atoms with Gasteiger partial charge in [-0.15, -0.1) is 12.6 Å². The van der Waals surface area contributed by atoms with Crippen molar-refractivity contribution in [3.05, 3.63) is 84.4 Å². The number of H-pyrrole nitrogens is 1. The van der Waals surface area contributed by atoms with Crippen LogP contribution in [0.3, 0.4) is 0 Å². The third kappa shape index (κ3) is 2.74. The Labute approximate surface area is 146 Å². The van der Waals surface area contributed by atoms with E-state index in [-0.39, 0.29) is 0 Å². The molecule has 24 heavy (non-hydrogen) atoms. The van der Waals surface area contributed by atoms with Crippen molar-refractivity contribution in [1.29, 1.82) is 0 Å². The summed E-state index contributed by atoms with van der Waals surface area (Å²) in [4.78, 5) is 9.05. The lowest BCUT2D eigenvalue weighted by Gasteiger charge is -2.01. The fourth-order valence-electron chi connectivity index (χ4n) is 2.84. The molecule has 0 atom stereocenters. The Kier molecular flexibility index (Phi) is 3.93. The van der Waals surface area contributed by atoms with Gasteiger partial charge >= 0.3 is 0 Å². The Hall–Kier alpha value is -2.78. The van der Waals surface area contributed by atoms with E-state index in [1.807, 2.05) is 54.7 Å². The first kappa shape index (κ1) is 14.8. The summed E-state index contributed by atoms with van der Waals surface area (Å²) in [5.74, 6) is 0. The molecule has 0 amide bonds. The van der Waals surface area contributed by atoms with Crippen molar-refractivity contribution in [2.24, 2.45) is 4.99 Å². The highest BCUT2D eigenvalue weighted by atomic mass is 32.1. The van der Waals surface area contributed by atoms with Gasteiger partial charge < -0.3 is 4.98 Å². The topological polar surface area (TPSA) is 28.1 Å². The highest BCUT2D eigenvalue weighted by molar-refractivity contribution is 7.80. The highest BCUT2D eigenvalue weighted by Gasteiger charge is 2.11. The van der Waals surface area contributed by atoms with Gasteiger partial charge in [0.1, 0.15) is 0 Å². The minimum Gasteiger partial charge on any atom is -0.354 e. The number of nitrogens with one attached hydrogen (secondary N) is 1. The SMILES string of the molecule is Sc1ccccc1N=Cc1c(-c2ccccc2)[nH]c2ccccc12. The average Bonchev–Trinajstić information content (AvgIpc) is 3.00. The number of para-hydroxylation sites is 2. The van der Waals surface area contributed by atoms with Crippen molar-refractivity contribution in [2.75, 3.05) is 0 Å². The molecule has 0 aliphatic heterocycles. The number of benzene rings is 3. The molecule has 1 aromatic heterocycles. The van der Waals surface area contributed by atoms with Crippen LogP contribution in [0.15, 0.2) is 88.8 Å². The van der Waals surface area contributed by atoms with Crippen LogP contribution in [-0.4, -0.2) is 11.2 Å². The fraction of sp³-hybridized carbons (Fsp3) is 0. The molecular weight excluding hydrogens is 312 g/mol. The molecule has 0 aliphatic rings. The van der Waals surface area contributed by atoms with E-state index in [0.29, 0.717) is 0 Å². The summed E-state index contributed by atoms with van der Waals surface area (Å²) in [5, 5.41) is 1.16. The van der Waals surface area contributed by atoms with Gasteiger partial charge in [0.2, 0.25) is 0 Å². The van der Waals surface area contributed by atoms with Gasteiger partial charge in [0.15, 0.2) is 0 Å². The van der Waals surface area contributed by atoms with Gasteiger partial charge in [-0.3, -0.25) is 4.99 Å². The van der Waals surface area contributed by atoms with E-state index >= 15 is 0 Å². The number of aliphatic imine (C=N–C) groups is 1. The number of hydrogen-bond donors (Lipinski definition) is 2. The molecule has 0 aliphatic carbocycles. The van der Waals surface area contributed by atoms with Gasteiger partial charge in [-0.25, -0.2) is 0 Å². The molecule has 2 nitrogen and oxygen atoms in total. The molecule has 0 fully saturated rings. The molecule has 4 aromatic rings. The van der Waals surface area contributed by atoms with E-state index in [4.69, 9.17) is 0 Å². The summed E-state index contributed by atoms with van der Waals surface area (Å²) < 4.78 is 0. The first-order valence-electron chi connectivity index (χ1n) is 7.81. The number of aromatic nitrogens is 1. The number of nitrogens with zero attached hydrogens (tertiary/aromatic N) is 1. The summed E-state index contributed by atoms with van der Waals surface area (Å²) in [6.45, 7) is 0. The van der Waals surface area contributed by atoms with Crippen molar-refractivity contribution in [3.63, 3.8) is 0 Å². The molecule has 3 aromatic carbocycles. The zero-order valence-electron chi connectivity index (χ0n) is 13.0.